The van der Waals surface area contributed by atoms with Crippen molar-refractivity contribution >= 4 is 21.5 Å². The van der Waals surface area contributed by atoms with Crippen molar-refractivity contribution in [1.29, 1.82) is 0 Å². The normalized spacial score (nSPS) is 11.1. The molecule has 0 aliphatic heterocycles. The van der Waals surface area contributed by atoms with Crippen LogP contribution in [0.1, 0.15) is 11.1 Å². The molecule has 0 spiro atoms. The molecule has 0 unspecified atom stereocenters. The van der Waals surface area contributed by atoms with Gasteiger partial charge in [0.05, 0.1) is 17.6 Å². The van der Waals surface area contributed by atoms with Gasteiger partial charge in [-0.25, -0.2) is 13.4 Å². The molecule has 7 heteroatoms. The smallest absolute Gasteiger partial charge is 0.234 e. The number of sulfonamides is 1. The summed E-state index contributed by atoms with van der Waals surface area (Å²) >= 11 is 0. The maximum absolute atomic E-state index is 12.2. The summed E-state index contributed by atoms with van der Waals surface area (Å²) in [7, 11) is -3.44. The van der Waals surface area contributed by atoms with Crippen LogP contribution in [0.2, 0.25) is 0 Å². The summed E-state index contributed by atoms with van der Waals surface area (Å²) < 4.78 is 26.9. The number of nitrogens with one attached hydrogen (secondary N) is 2. The lowest BCUT2D eigenvalue weighted by atomic mass is 10.2. The van der Waals surface area contributed by atoms with Gasteiger partial charge < -0.3 is 5.32 Å². The number of hydrogen-bond acceptors (Lipinski definition) is 5. The topological polar surface area (TPSA) is 84.0 Å². The maximum Gasteiger partial charge on any atom is 0.234 e. The van der Waals surface area contributed by atoms with Gasteiger partial charge in [-0.05, 0) is 41.8 Å². The molecule has 0 aliphatic carbocycles. The van der Waals surface area contributed by atoms with E-state index in [1.165, 1.54) is 0 Å². The first-order chi connectivity index (χ1) is 12.6. The van der Waals surface area contributed by atoms with Crippen molar-refractivity contribution in [2.75, 3.05) is 15.8 Å². The van der Waals surface area contributed by atoms with Gasteiger partial charge in [-0.1, -0.05) is 30.3 Å². The number of rotatable bonds is 8. The first kappa shape index (κ1) is 17.9. The predicted octanol–water partition coefficient (Wildman–Crippen LogP) is 3.07. The fourth-order valence-corrected chi connectivity index (χ4v) is 3.42. The van der Waals surface area contributed by atoms with Crippen LogP contribution < -0.4 is 10.0 Å². The zero-order chi connectivity index (χ0) is 18.2. The number of anilines is 2. The number of aromatic nitrogens is 2. The van der Waals surface area contributed by atoms with Gasteiger partial charge in [0, 0.05) is 18.9 Å². The van der Waals surface area contributed by atoms with Crippen molar-refractivity contribution in [3.63, 3.8) is 0 Å². The Morgan fingerprint density at radius 2 is 1.65 bits per heavy atom. The van der Waals surface area contributed by atoms with Gasteiger partial charge in [0.2, 0.25) is 10.0 Å². The predicted molar refractivity (Wildman–Crippen MR) is 103 cm³/mol. The molecule has 1 aromatic carbocycles. The van der Waals surface area contributed by atoms with Crippen LogP contribution in [0.25, 0.3) is 0 Å². The van der Waals surface area contributed by atoms with Crippen molar-refractivity contribution in [3.8, 4) is 0 Å². The number of benzene rings is 1. The van der Waals surface area contributed by atoms with Crippen molar-refractivity contribution < 1.29 is 8.42 Å². The highest BCUT2D eigenvalue weighted by Crippen LogP contribution is 2.13. The number of nitrogens with zero attached hydrogens (tertiary/aromatic N) is 2. The van der Waals surface area contributed by atoms with E-state index in [2.05, 4.69) is 20.0 Å². The minimum atomic E-state index is -3.44. The highest BCUT2D eigenvalue weighted by atomic mass is 32.2. The minimum absolute atomic E-state index is 0.0146. The Morgan fingerprint density at radius 1 is 0.885 bits per heavy atom. The molecule has 2 heterocycles. The van der Waals surface area contributed by atoms with Crippen LogP contribution in [0, 0.1) is 0 Å². The van der Waals surface area contributed by atoms with Gasteiger partial charge in [-0.2, -0.15) is 0 Å². The summed E-state index contributed by atoms with van der Waals surface area (Å²) in [5.41, 5.74) is 2.90. The maximum atomic E-state index is 12.2. The van der Waals surface area contributed by atoms with Crippen LogP contribution in [0.15, 0.2) is 73.2 Å². The first-order valence-electron chi connectivity index (χ1n) is 8.24. The average Bonchev–Trinajstić information content (AvgIpc) is 2.67. The third-order valence-corrected chi connectivity index (χ3v) is 5.03. The van der Waals surface area contributed by atoms with Gasteiger partial charge in [0.15, 0.2) is 0 Å². The number of hydrogen-bond donors (Lipinski definition) is 2. The second-order valence-corrected chi connectivity index (χ2v) is 7.64. The zero-order valence-electron chi connectivity index (χ0n) is 14.2. The number of pyridine rings is 2. The van der Waals surface area contributed by atoms with Crippen LogP contribution in [-0.4, -0.2) is 24.1 Å². The monoisotopic (exact) mass is 368 g/mol. The molecule has 2 N–H and O–H groups in total. The van der Waals surface area contributed by atoms with E-state index in [4.69, 9.17) is 0 Å². The quantitative estimate of drug-likeness (QED) is 0.638. The van der Waals surface area contributed by atoms with E-state index < -0.39 is 10.0 Å². The lowest BCUT2D eigenvalue weighted by Gasteiger charge is -2.09. The summed E-state index contributed by atoms with van der Waals surface area (Å²) in [5.74, 6) is 0.327. The zero-order valence-corrected chi connectivity index (χ0v) is 15.0. The molecule has 6 nitrogen and oxygen atoms in total. The lowest BCUT2D eigenvalue weighted by Crippen LogP contribution is -2.18. The van der Waals surface area contributed by atoms with Crippen LogP contribution in [0.3, 0.4) is 0 Å². The van der Waals surface area contributed by atoms with Crippen LogP contribution in [0.5, 0.6) is 0 Å². The molecule has 26 heavy (non-hydrogen) atoms. The van der Waals surface area contributed by atoms with E-state index >= 15 is 0 Å². The molecule has 3 aromatic rings. The highest BCUT2D eigenvalue weighted by Gasteiger charge is 2.11. The second kappa shape index (κ2) is 8.44. The van der Waals surface area contributed by atoms with E-state index in [-0.39, 0.29) is 5.75 Å². The van der Waals surface area contributed by atoms with Crippen molar-refractivity contribution in [3.05, 3.63) is 84.3 Å². The van der Waals surface area contributed by atoms with Crippen molar-refractivity contribution in [1.82, 2.24) is 9.97 Å². The van der Waals surface area contributed by atoms with Crippen LogP contribution in [-0.2, 0) is 23.0 Å². The molecule has 2 aromatic heterocycles. The van der Waals surface area contributed by atoms with Crippen LogP contribution >= 0.6 is 0 Å². The Labute approximate surface area is 153 Å². The van der Waals surface area contributed by atoms with Gasteiger partial charge in [0.1, 0.15) is 5.82 Å². The molecule has 0 bridgehead atoms. The van der Waals surface area contributed by atoms with Crippen molar-refractivity contribution in [2.24, 2.45) is 0 Å². The Hall–Kier alpha value is -2.93. The van der Waals surface area contributed by atoms with Gasteiger partial charge in [0.25, 0.3) is 0 Å². The summed E-state index contributed by atoms with van der Waals surface area (Å²) in [6.45, 7) is 0.645. The Kier molecular flexibility index (Phi) is 5.80. The Morgan fingerprint density at radius 3 is 2.35 bits per heavy atom. The third-order valence-electron chi connectivity index (χ3n) is 3.77. The average molecular weight is 368 g/mol. The molecule has 0 aliphatic rings. The van der Waals surface area contributed by atoms with E-state index in [0.29, 0.717) is 18.8 Å². The summed E-state index contributed by atoms with van der Waals surface area (Å²) in [5, 5.41) is 3.23. The molecule has 0 atom stereocenters. The third kappa shape index (κ3) is 5.56. The van der Waals surface area contributed by atoms with E-state index in [1.54, 1.807) is 30.7 Å². The highest BCUT2D eigenvalue weighted by molar-refractivity contribution is 7.92. The first-order valence-corrected chi connectivity index (χ1v) is 9.89. The molecule has 0 radical (unpaired) electrons. The van der Waals surface area contributed by atoms with Gasteiger partial charge in [-0.15, -0.1) is 0 Å². The molecule has 0 fully saturated rings. The molecule has 0 saturated heterocycles. The molecular formula is C19H20N4O2S. The fraction of sp³-hybridized carbons (Fsp3) is 0.158. The van der Waals surface area contributed by atoms with Gasteiger partial charge in [-0.3, -0.25) is 9.71 Å². The van der Waals surface area contributed by atoms with Gasteiger partial charge >= 0.3 is 0 Å². The standard InChI is InChI=1S/C19H20N4O2S/c24-26(25,13-10-16-4-2-1-3-5-16)23-19-7-6-18(15-22-19)21-14-17-8-11-20-12-9-17/h1-9,11-12,15,21H,10,13-14H2,(H,22,23). The molecule has 0 amide bonds. The van der Waals surface area contributed by atoms with Crippen LogP contribution in [0.4, 0.5) is 11.5 Å². The SMILES string of the molecule is O=S(=O)(CCc1ccccc1)Nc1ccc(NCc2ccncc2)cn1. The van der Waals surface area contributed by atoms with E-state index in [1.807, 2.05) is 42.5 Å². The largest absolute Gasteiger partial charge is 0.380 e. The Bertz CT molecular complexity index is 915. The summed E-state index contributed by atoms with van der Waals surface area (Å²) in [4.78, 5) is 8.14. The molecule has 0 saturated carbocycles. The Balaban J connectivity index is 1.53. The minimum Gasteiger partial charge on any atom is -0.380 e. The molecular weight excluding hydrogens is 348 g/mol. The second-order valence-electron chi connectivity index (χ2n) is 5.80. The number of aryl methyl sites for hydroxylation is 1. The van der Waals surface area contributed by atoms with E-state index in [0.717, 1.165) is 16.8 Å². The van der Waals surface area contributed by atoms with E-state index in [9.17, 15) is 8.42 Å². The lowest BCUT2D eigenvalue weighted by molar-refractivity contribution is 0.600. The van der Waals surface area contributed by atoms with Crippen molar-refractivity contribution in [2.45, 2.75) is 13.0 Å². The fourth-order valence-electron chi connectivity index (χ4n) is 2.37. The summed E-state index contributed by atoms with van der Waals surface area (Å²) in [6.07, 6.45) is 5.54. The molecule has 3 rings (SSSR count). The molecule has 134 valence electrons. The summed E-state index contributed by atoms with van der Waals surface area (Å²) in [6, 6.07) is 16.8.